The van der Waals surface area contributed by atoms with E-state index >= 15 is 0 Å². The summed E-state index contributed by atoms with van der Waals surface area (Å²) in [5.74, 6) is 1.75. The first-order valence-corrected chi connectivity index (χ1v) is 8.02. The predicted molar refractivity (Wildman–Crippen MR) is 77.1 cm³/mol. The van der Waals surface area contributed by atoms with Gasteiger partial charge in [-0.1, -0.05) is 13.8 Å². The van der Waals surface area contributed by atoms with Crippen molar-refractivity contribution in [2.24, 2.45) is 23.7 Å². The van der Waals surface area contributed by atoms with Crippen molar-refractivity contribution in [3.63, 3.8) is 0 Å². The van der Waals surface area contributed by atoms with Crippen molar-refractivity contribution in [3.8, 4) is 0 Å². The molecule has 2 N–H and O–H groups in total. The lowest BCUT2D eigenvalue weighted by molar-refractivity contribution is -0.143. The number of hydrogen-bond donors (Lipinski definition) is 2. The molecule has 0 bridgehead atoms. The zero-order valence-electron chi connectivity index (χ0n) is 12.4. The van der Waals surface area contributed by atoms with Gasteiger partial charge >= 0.3 is 5.97 Å². The van der Waals surface area contributed by atoms with Crippen LogP contribution in [0, 0.1) is 23.7 Å². The largest absolute Gasteiger partial charge is 0.481 e. The summed E-state index contributed by atoms with van der Waals surface area (Å²) in [5.41, 5.74) is 0. The molecule has 0 radical (unpaired) electrons. The molecule has 0 aromatic carbocycles. The lowest BCUT2D eigenvalue weighted by atomic mass is 9.78. The van der Waals surface area contributed by atoms with Gasteiger partial charge in [-0.05, 0) is 69.2 Å². The minimum absolute atomic E-state index is 0.0770. The number of carboxylic acids is 1. The van der Waals surface area contributed by atoms with Crippen LogP contribution in [0.3, 0.4) is 0 Å². The van der Waals surface area contributed by atoms with E-state index < -0.39 is 5.97 Å². The van der Waals surface area contributed by atoms with E-state index in [0.29, 0.717) is 12.0 Å². The van der Waals surface area contributed by atoms with Crippen LogP contribution in [0.25, 0.3) is 0 Å². The molecule has 2 saturated carbocycles. The molecule has 19 heavy (non-hydrogen) atoms. The Labute approximate surface area is 117 Å². The van der Waals surface area contributed by atoms with Crippen LogP contribution in [0.1, 0.15) is 58.8 Å². The van der Waals surface area contributed by atoms with Gasteiger partial charge in [-0.3, -0.25) is 4.79 Å². The van der Waals surface area contributed by atoms with Gasteiger partial charge in [0.1, 0.15) is 0 Å². The number of rotatable bonds is 4. The van der Waals surface area contributed by atoms with Crippen LogP contribution in [0.4, 0.5) is 0 Å². The summed E-state index contributed by atoms with van der Waals surface area (Å²) in [4.78, 5) is 10.9. The van der Waals surface area contributed by atoms with Crippen LogP contribution >= 0.6 is 0 Å². The van der Waals surface area contributed by atoms with Gasteiger partial charge in [-0.15, -0.1) is 0 Å². The second kappa shape index (κ2) is 6.74. The smallest absolute Gasteiger partial charge is 0.306 e. The fraction of sp³-hybridized carbons (Fsp3) is 0.938. The Morgan fingerprint density at radius 1 is 1.05 bits per heavy atom. The van der Waals surface area contributed by atoms with Gasteiger partial charge in [-0.2, -0.15) is 0 Å². The summed E-state index contributed by atoms with van der Waals surface area (Å²) in [6.07, 6.45) is 7.90. The van der Waals surface area contributed by atoms with Gasteiger partial charge < -0.3 is 10.4 Å². The van der Waals surface area contributed by atoms with Crippen molar-refractivity contribution in [3.05, 3.63) is 0 Å². The Morgan fingerprint density at radius 2 is 1.74 bits per heavy atom. The third-order valence-electron chi connectivity index (χ3n) is 5.49. The van der Waals surface area contributed by atoms with Crippen LogP contribution in [0.15, 0.2) is 0 Å². The number of aliphatic carboxylic acids is 1. The Morgan fingerprint density at radius 3 is 2.32 bits per heavy atom. The topological polar surface area (TPSA) is 49.3 Å². The molecule has 0 spiro atoms. The van der Waals surface area contributed by atoms with E-state index in [9.17, 15) is 4.79 Å². The van der Waals surface area contributed by atoms with E-state index in [-0.39, 0.29) is 5.92 Å². The third-order valence-corrected chi connectivity index (χ3v) is 5.49. The highest BCUT2D eigenvalue weighted by molar-refractivity contribution is 5.69. The van der Waals surface area contributed by atoms with E-state index in [0.717, 1.165) is 44.1 Å². The highest BCUT2D eigenvalue weighted by atomic mass is 16.4. The molecule has 0 saturated heterocycles. The minimum Gasteiger partial charge on any atom is -0.481 e. The Hall–Kier alpha value is -0.570. The lowest BCUT2D eigenvalue weighted by Crippen LogP contribution is -2.39. The summed E-state index contributed by atoms with van der Waals surface area (Å²) >= 11 is 0. The molecular formula is C16H29NO2. The molecule has 2 aliphatic rings. The summed E-state index contributed by atoms with van der Waals surface area (Å²) in [6, 6.07) is 0.698. The summed E-state index contributed by atoms with van der Waals surface area (Å²) in [6.45, 7) is 5.84. The van der Waals surface area contributed by atoms with E-state index in [1.807, 2.05) is 0 Å². The molecular weight excluding hydrogens is 238 g/mol. The van der Waals surface area contributed by atoms with Crippen molar-refractivity contribution in [1.29, 1.82) is 0 Å². The van der Waals surface area contributed by atoms with Crippen LogP contribution < -0.4 is 5.32 Å². The standard InChI is InChI=1S/C16H29NO2/c1-11-3-8-15(9-12(11)2)17-10-13-4-6-14(7-5-13)16(18)19/h11-15,17H,3-10H2,1-2H3,(H,18,19). The van der Waals surface area contributed by atoms with Gasteiger partial charge in [0.15, 0.2) is 0 Å². The summed E-state index contributed by atoms with van der Waals surface area (Å²) in [5, 5.41) is 12.7. The molecule has 110 valence electrons. The van der Waals surface area contributed by atoms with E-state index in [1.54, 1.807) is 0 Å². The molecule has 0 aromatic heterocycles. The second-order valence-corrected chi connectivity index (χ2v) is 6.93. The third kappa shape index (κ3) is 4.20. The van der Waals surface area contributed by atoms with Crippen LogP contribution in [-0.4, -0.2) is 23.7 Å². The van der Waals surface area contributed by atoms with Gasteiger partial charge in [0, 0.05) is 6.04 Å². The Kier molecular flexibility index (Phi) is 5.26. The lowest BCUT2D eigenvalue weighted by Gasteiger charge is -2.34. The number of carboxylic acid groups (broad SMARTS) is 1. The molecule has 2 aliphatic carbocycles. The molecule has 3 heteroatoms. The van der Waals surface area contributed by atoms with Crippen molar-refractivity contribution in [1.82, 2.24) is 5.32 Å². The normalized spacial score (nSPS) is 40.0. The maximum absolute atomic E-state index is 10.9. The maximum atomic E-state index is 10.9. The molecule has 2 fully saturated rings. The van der Waals surface area contributed by atoms with Crippen molar-refractivity contribution in [2.75, 3.05) is 6.54 Å². The maximum Gasteiger partial charge on any atom is 0.306 e. The number of hydrogen-bond acceptors (Lipinski definition) is 2. The van der Waals surface area contributed by atoms with Crippen LogP contribution in [0.2, 0.25) is 0 Å². The fourth-order valence-electron chi connectivity index (χ4n) is 3.68. The van der Waals surface area contributed by atoms with Gasteiger partial charge in [0.25, 0.3) is 0 Å². The highest BCUT2D eigenvalue weighted by Crippen LogP contribution is 2.31. The van der Waals surface area contributed by atoms with E-state index in [2.05, 4.69) is 19.2 Å². The monoisotopic (exact) mass is 267 g/mol. The van der Waals surface area contributed by atoms with Crippen molar-refractivity contribution >= 4 is 5.97 Å². The first-order valence-electron chi connectivity index (χ1n) is 8.02. The van der Waals surface area contributed by atoms with Crippen LogP contribution in [-0.2, 0) is 4.79 Å². The molecule has 0 aromatic rings. The molecule has 3 atom stereocenters. The quantitative estimate of drug-likeness (QED) is 0.821. The Balaban J connectivity index is 1.65. The fourth-order valence-corrected chi connectivity index (χ4v) is 3.68. The van der Waals surface area contributed by atoms with Crippen molar-refractivity contribution in [2.45, 2.75) is 64.8 Å². The van der Waals surface area contributed by atoms with E-state index in [1.165, 1.54) is 19.3 Å². The predicted octanol–water partition coefficient (Wildman–Crippen LogP) is 3.29. The molecule has 0 aliphatic heterocycles. The van der Waals surface area contributed by atoms with E-state index in [4.69, 9.17) is 5.11 Å². The first-order chi connectivity index (χ1) is 9.06. The first kappa shape index (κ1) is 14.8. The van der Waals surface area contributed by atoms with Gasteiger partial charge in [0.2, 0.25) is 0 Å². The molecule has 3 nitrogen and oxygen atoms in total. The zero-order chi connectivity index (χ0) is 13.8. The Bertz CT molecular complexity index is 297. The molecule has 2 rings (SSSR count). The second-order valence-electron chi connectivity index (χ2n) is 6.93. The minimum atomic E-state index is -0.596. The SMILES string of the molecule is CC1CCC(NCC2CCC(C(=O)O)CC2)CC1C. The zero-order valence-corrected chi connectivity index (χ0v) is 12.4. The summed E-state index contributed by atoms with van der Waals surface area (Å²) < 4.78 is 0. The average molecular weight is 267 g/mol. The number of nitrogens with one attached hydrogen (secondary N) is 1. The molecule has 0 heterocycles. The highest BCUT2D eigenvalue weighted by Gasteiger charge is 2.28. The molecule has 3 unspecified atom stereocenters. The average Bonchev–Trinajstić information content (AvgIpc) is 2.40. The van der Waals surface area contributed by atoms with Gasteiger partial charge in [-0.25, -0.2) is 0 Å². The van der Waals surface area contributed by atoms with Crippen LogP contribution in [0.5, 0.6) is 0 Å². The number of carbonyl (C=O) groups is 1. The van der Waals surface area contributed by atoms with Crippen molar-refractivity contribution < 1.29 is 9.90 Å². The molecule has 0 amide bonds. The summed E-state index contributed by atoms with van der Waals surface area (Å²) in [7, 11) is 0. The van der Waals surface area contributed by atoms with Gasteiger partial charge in [0.05, 0.1) is 5.92 Å².